The number of ether oxygens (including phenoxy) is 3. The summed E-state index contributed by atoms with van der Waals surface area (Å²) in [7, 11) is 0. The second kappa shape index (κ2) is 11.1. The predicted molar refractivity (Wildman–Crippen MR) is 127 cm³/mol. The number of carbonyl (C=O) groups excluding carboxylic acids is 2. The van der Waals surface area contributed by atoms with Crippen LogP contribution in [0.2, 0.25) is 5.02 Å². The van der Waals surface area contributed by atoms with Gasteiger partial charge in [0.2, 0.25) is 0 Å². The van der Waals surface area contributed by atoms with Crippen LogP contribution in [0.4, 0.5) is 5.69 Å². The first-order chi connectivity index (χ1) is 15.4. The van der Waals surface area contributed by atoms with Gasteiger partial charge < -0.3 is 19.5 Å². The van der Waals surface area contributed by atoms with E-state index in [9.17, 15) is 9.59 Å². The molecule has 7 nitrogen and oxygen atoms in total. The van der Waals surface area contributed by atoms with Crippen molar-refractivity contribution in [3.63, 3.8) is 0 Å². The Morgan fingerprint density at radius 3 is 2.69 bits per heavy atom. The molecule has 1 heterocycles. The maximum atomic E-state index is 12.4. The second-order valence-electron chi connectivity index (χ2n) is 6.65. The van der Waals surface area contributed by atoms with Gasteiger partial charge in [0, 0.05) is 5.02 Å². The van der Waals surface area contributed by atoms with E-state index < -0.39 is 5.97 Å². The lowest BCUT2D eigenvalue weighted by Gasteiger charge is -2.12. The van der Waals surface area contributed by atoms with Crippen LogP contribution in [-0.4, -0.2) is 36.9 Å². The van der Waals surface area contributed by atoms with Crippen LogP contribution in [0.5, 0.6) is 11.5 Å². The summed E-state index contributed by atoms with van der Waals surface area (Å²) in [4.78, 5) is 29.0. The lowest BCUT2D eigenvalue weighted by atomic mass is 10.2. The number of amidine groups is 1. The third-order valence-corrected chi connectivity index (χ3v) is 5.41. The summed E-state index contributed by atoms with van der Waals surface area (Å²) < 4.78 is 16.0. The van der Waals surface area contributed by atoms with Crippen LogP contribution in [0.25, 0.3) is 6.08 Å². The summed E-state index contributed by atoms with van der Waals surface area (Å²) >= 11 is 7.29. The summed E-state index contributed by atoms with van der Waals surface area (Å²) in [5.74, 6) is 0.193. The Morgan fingerprint density at radius 1 is 1.12 bits per heavy atom. The van der Waals surface area contributed by atoms with Crippen molar-refractivity contribution in [3.8, 4) is 11.5 Å². The van der Waals surface area contributed by atoms with Gasteiger partial charge in [-0.1, -0.05) is 23.7 Å². The predicted octanol–water partition coefficient (Wildman–Crippen LogP) is 4.88. The van der Waals surface area contributed by atoms with E-state index in [-0.39, 0.29) is 19.1 Å². The van der Waals surface area contributed by atoms with E-state index >= 15 is 0 Å². The fourth-order valence-electron chi connectivity index (χ4n) is 2.79. The molecule has 0 atom stereocenters. The largest absolute Gasteiger partial charge is 0.490 e. The van der Waals surface area contributed by atoms with Crippen LogP contribution in [-0.2, 0) is 14.3 Å². The number of thioether (sulfide) groups is 1. The van der Waals surface area contributed by atoms with Crippen LogP contribution in [0.1, 0.15) is 25.0 Å². The highest BCUT2D eigenvalue weighted by molar-refractivity contribution is 8.18. The van der Waals surface area contributed by atoms with Crippen LogP contribution >= 0.6 is 23.4 Å². The summed E-state index contributed by atoms with van der Waals surface area (Å²) in [5.41, 5.74) is 2.40. The molecule has 1 saturated heterocycles. The standard InChI is InChI=1S/C23H23ClN2O5S/c1-4-29-19-10-15(7-9-18(19)31-13-21(27)30-5-2)11-20-22(28)26-23(32-20)25-17-12-16(24)8-6-14(17)3/h6-12H,4-5,13H2,1-3H3,(H,25,26,28)/b20-11-. The van der Waals surface area contributed by atoms with Crippen molar-refractivity contribution in [1.82, 2.24) is 5.32 Å². The Hall–Kier alpha value is -2.97. The Morgan fingerprint density at radius 2 is 1.94 bits per heavy atom. The molecular weight excluding hydrogens is 452 g/mol. The van der Waals surface area contributed by atoms with E-state index in [1.54, 1.807) is 43.3 Å². The molecule has 2 aromatic rings. The molecule has 3 rings (SSSR count). The van der Waals surface area contributed by atoms with Crippen molar-refractivity contribution in [3.05, 3.63) is 57.5 Å². The van der Waals surface area contributed by atoms with E-state index in [1.165, 1.54) is 11.8 Å². The molecule has 9 heteroatoms. The fourth-order valence-corrected chi connectivity index (χ4v) is 3.79. The third kappa shape index (κ3) is 6.27. The van der Waals surface area contributed by atoms with Gasteiger partial charge in [-0.3, -0.25) is 4.79 Å². The van der Waals surface area contributed by atoms with Gasteiger partial charge in [0.1, 0.15) is 0 Å². The SMILES string of the molecule is CCOC(=O)COc1ccc(/C=C2\SC(=Nc3cc(Cl)ccc3C)NC2=O)cc1OCC. The highest BCUT2D eigenvalue weighted by Crippen LogP contribution is 2.33. The van der Waals surface area contributed by atoms with Crippen LogP contribution < -0.4 is 14.8 Å². The molecule has 1 amide bonds. The summed E-state index contributed by atoms with van der Waals surface area (Å²) in [6, 6.07) is 10.6. The minimum absolute atomic E-state index is 0.213. The molecule has 0 spiro atoms. The van der Waals surface area contributed by atoms with Crippen molar-refractivity contribution in [2.24, 2.45) is 4.99 Å². The fraction of sp³-hybridized carbons (Fsp3) is 0.261. The highest BCUT2D eigenvalue weighted by Gasteiger charge is 2.24. The van der Waals surface area contributed by atoms with Gasteiger partial charge in [-0.15, -0.1) is 0 Å². The molecule has 1 aliphatic heterocycles. The van der Waals surface area contributed by atoms with Gasteiger partial charge in [0.05, 0.1) is 23.8 Å². The molecule has 1 N–H and O–H groups in total. The van der Waals surface area contributed by atoms with Gasteiger partial charge in [-0.25, -0.2) is 9.79 Å². The first kappa shape index (κ1) is 23.7. The van der Waals surface area contributed by atoms with Gasteiger partial charge in [0.25, 0.3) is 5.91 Å². The van der Waals surface area contributed by atoms with Crippen molar-refractivity contribution in [1.29, 1.82) is 0 Å². The molecule has 0 saturated carbocycles. The Labute approximate surface area is 195 Å². The smallest absolute Gasteiger partial charge is 0.344 e. The normalized spacial score (nSPS) is 15.7. The number of esters is 1. The average molecular weight is 475 g/mol. The number of hydrogen-bond donors (Lipinski definition) is 1. The lowest BCUT2D eigenvalue weighted by Crippen LogP contribution is -2.19. The third-order valence-electron chi connectivity index (χ3n) is 4.26. The van der Waals surface area contributed by atoms with E-state index in [0.29, 0.717) is 38.9 Å². The quantitative estimate of drug-likeness (QED) is 0.433. The number of nitrogens with zero attached hydrogens (tertiary/aromatic N) is 1. The van der Waals surface area contributed by atoms with E-state index in [2.05, 4.69) is 10.3 Å². The summed E-state index contributed by atoms with van der Waals surface area (Å²) in [6.45, 7) is 6.00. The van der Waals surface area contributed by atoms with Gasteiger partial charge in [-0.05, 0) is 74.0 Å². The molecule has 2 aromatic carbocycles. The number of carbonyl (C=O) groups is 2. The van der Waals surface area contributed by atoms with Gasteiger partial charge in [0.15, 0.2) is 23.3 Å². The summed E-state index contributed by atoms with van der Waals surface area (Å²) in [6.07, 6.45) is 1.74. The number of hydrogen-bond acceptors (Lipinski definition) is 7. The van der Waals surface area contributed by atoms with Gasteiger partial charge >= 0.3 is 5.97 Å². The number of aryl methyl sites for hydroxylation is 1. The van der Waals surface area contributed by atoms with E-state index in [1.807, 2.05) is 19.9 Å². The molecular formula is C23H23ClN2O5S. The number of aliphatic imine (C=N–C) groups is 1. The monoisotopic (exact) mass is 474 g/mol. The zero-order chi connectivity index (χ0) is 23.1. The van der Waals surface area contributed by atoms with Crippen molar-refractivity contribution in [2.75, 3.05) is 19.8 Å². The first-order valence-corrected chi connectivity index (χ1v) is 11.2. The van der Waals surface area contributed by atoms with Crippen LogP contribution in [0.3, 0.4) is 0 Å². The number of halogens is 1. The van der Waals surface area contributed by atoms with E-state index in [4.69, 9.17) is 25.8 Å². The molecule has 1 fully saturated rings. The van der Waals surface area contributed by atoms with Gasteiger partial charge in [-0.2, -0.15) is 0 Å². The topological polar surface area (TPSA) is 86.2 Å². The van der Waals surface area contributed by atoms with Crippen molar-refractivity contribution < 1.29 is 23.8 Å². The molecule has 0 aliphatic carbocycles. The molecule has 168 valence electrons. The summed E-state index contributed by atoms with van der Waals surface area (Å²) in [5, 5.41) is 3.83. The van der Waals surface area contributed by atoms with Crippen molar-refractivity contribution in [2.45, 2.75) is 20.8 Å². The zero-order valence-corrected chi connectivity index (χ0v) is 19.5. The molecule has 0 bridgehead atoms. The number of nitrogens with one attached hydrogen (secondary N) is 1. The van der Waals surface area contributed by atoms with Crippen LogP contribution in [0, 0.1) is 6.92 Å². The first-order valence-electron chi connectivity index (χ1n) is 10.0. The second-order valence-corrected chi connectivity index (χ2v) is 8.11. The number of benzene rings is 2. The average Bonchev–Trinajstić information content (AvgIpc) is 3.09. The highest BCUT2D eigenvalue weighted by atomic mass is 35.5. The molecule has 0 unspecified atom stereocenters. The van der Waals surface area contributed by atoms with Crippen LogP contribution in [0.15, 0.2) is 46.3 Å². The van der Waals surface area contributed by atoms with E-state index in [0.717, 1.165) is 11.1 Å². The Balaban J connectivity index is 1.79. The Kier molecular flexibility index (Phi) is 8.19. The maximum absolute atomic E-state index is 12.4. The number of rotatable bonds is 8. The molecule has 32 heavy (non-hydrogen) atoms. The molecule has 0 aromatic heterocycles. The number of amides is 1. The lowest BCUT2D eigenvalue weighted by molar-refractivity contribution is -0.145. The molecule has 0 radical (unpaired) electrons. The molecule has 1 aliphatic rings. The minimum atomic E-state index is -0.457. The Bertz CT molecular complexity index is 1080. The minimum Gasteiger partial charge on any atom is -0.490 e. The zero-order valence-electron chi connectivity index (χ0n) is 17.9. The van der Waals surface area contributed by atoms with Crippen molar-refractivity contribution >= 4 is 52.2 Å². The maximum Gasteiger partial charge on any atom is 0.344 e.